The topological polar surface area (TPSA) is 42.0 Å². The number of carbonyl (C=O) groups is 1. The van der Waals surface area contributed by atoms with E-state index in [1.165, 1.54) is 12.3 Å². The van der Waals surface area contributed by atoms with Gasteiger partial charge < -0.3 is 5.32 Å². The van der Waals surface area contributed by atoms with Crippen LogP contribution in [-0.4, -0.2) is 18.7 Å². The van der Waals surface area contributed by atoms with E-state index in [0.29, 0.717) is 10.7 Å². The molecule has 3 nitrogen and oxygen atoms in total. The van der Waals surface area contributed by atoms with Crippen LogP contribution in [0.25, 0.3) is 0 Å². The Morgan fingerprint density at radius 2 is 2.29 bits per heavy atom. The first-order chi connectivity index (χ1) is 6.50. The molecule has 0 saturated heterocycles. The first-order valence-corrected chi connectivity index (χ1v) is 4.64. The van der Waals surface area contributed by atoms with E-state index in [2.05, 4.69) is 10.3 Å². The van der Waals surface area contributed by atoms with Gasteiger partial charge in [-0.3, -0.25) is 4.79 Å². The summed E-state index contributed by atoms with van der Waals surface area (Å²) in [6.45, 7) is 1.58. The summed E-state index contributed by atoms with van der Waals surface area (Å²) in [6.07, 6.45) is 1.38. The average Bonchev–Trinajstić information content (AvgIpc) is 2.09. The first kappa shape index (κ1) is 11.3. The fraction of sp³-hybridized carbons (Fsp3) is 0.250. The molecule has 1 unspecified atom stereocenters. The SMILES string of the molecule is [B]C(C)C(=O)Nc1cnc(Cl)cc1Cl. The average molecular weight is 229 g/mol. The zero-order valence-electron chi connectivity index (χ0n) is 7.42. The van der Waals surface area contributed by atoms with Gasteiger partial charge in [-0.25, -0.2) is 4.98 Å². The lowest BCUT2D eigenvalue weighted by Gasteiger charge is -2.08. The summed E-state index contributed by atoms with van der Waals surface area (Å²) >= 11 is 11.4. The van der Waals surface area contributed by atoms with Gasteiger partial charge in [0.2, 0.25) is 5.91 Å². The lowest BCUT2D eigenvalue weighted by molar-refractivity contribution is -0.115. The summed E-state index contributed by atoms with van der Waals surface area (Å²) in [7, 11) is 5.36. The second-order valence-corrected chi connectivity index (χ2v) is 3.56. The van der Waals surface area contributed by atoms with Crippen molar-refractivity contribution in [1.82, 2.24) is 4.98 Å². The van der Waals surface area contributed by atoms with Gasteiger partial charge >= 0.3 is 0 Å². The second kappa shape index (κ2) is 4.67. The van der Waals surface area contributed by atoms with E-state index in [4.69, 9.17) is 31.0 Å². The molecule has 0 aliphatic heterocycles. The molecule has 1 amide bonds. The predicted octanol–water partition coefficient (Wildman–Crippen LogP) is 2.30. The number of amides is 1. The smallest absolute Gasteiger partial charge is 0.218 e. The summed E-state index contributed by atoms with van der Waals surface area (Å²) in [5.41, 5.74) is 0.401. The van der Waals surface area contributed by atoms with Crippen molar-refractivity contribution in [3.05, 3.63) is 22.4 Å². The molecule has 1 heterocycles. The van der Waals surface area contributed by atoms with Crippen LogP contribution in [-0.2, 0) is 4.79 Å². The van der Waals surface area contributed by atoms with Crippen LogP contribution in [0.3, 0.4) is 0 Å². The summed E-state index contributed by atoms with van der Waals surface area (Å²) in [5.74, 6) is -0.919. The Bertz CT molecular complexity index is 357. The van der Waals surface area contributed by atoms with Crippen molar-refractivity contribution >= 4 is 42.6 Å². The molecule has 0 aliphatic rings. The maximum atomic E-state index is 11.2. The molecule has 1 N–H and O–H groups in total. The van der Waals surface area contributed by atoms with Crippen LogP contribution in [0.4, 0.5) is 5.69 Å². The Kier molecular flexibility index (Phi) is 3.78. The Balaban J connectivity index is 2.82. The number of hydrogen-bond donors (Lipinski definition) is 1. The van der Waals surface area contributed by atoms with Crippen LogP contribution >= 0.6 is 23.2 Å². The van der Waals surface area contributed by atoms with E-state index in [1.807, 2.05) is 0 Å². The molecule has 14 heavy (non-hydrogen) atoms. The summed E-state index contributed by atoms with van der Waals surface area (Å²) < 4.78 is 0. The van der Waals surface area contributed by atoms with E-state index in [9.17, 15) is 4.79 Å². The van der Waals surface area contributed by atoms with Gasteiger partial charge in [0.05, 0.1) is 24.8 Å². The monoisotopic (exact) mass is 228 g/mol. The second-order valence-electron chi connectivity index (χ2n) is 2.76. The molecule has 0 saturated carbocycles. The molecule has 1 aromatic rings. The fourth-order valence-electron chi connectivity index (χ4n) is 0.746. The molecule has 0 aliphatic carbocycles. The molecule has 72 valence electrons. The first-order valence-electron chi connectivity index (χ1n) is 3.88. The third-order valence-corrected chi connectivity index (χ3v) is 2.01. The van der Waals surface area contributed by atoms with Crippen LogP contribution in [0.15, 0.2) is 12.3 Å². The van der Waals surface area contributed by atoms with E-state index in [0.717, 1.165) is 0 Å². The maximum Gasteiger partial charge on any atom is 0.218 e. The maximum absolute atomic E-state index is 11.2. The number of pyridine rings is 1. The van der Waals surface area contributed by atoms with Crippen LogP contribution in [0.5, 0.6) is 0 Å². The minimum atomic E-state index is -0.596. The molecule has 1 atom stereocenters. The Hall–Kier alpha value is -0.735. The number of hydrogen-bond acceptors (Lipinski definition) is 2. The van der Waals surface area contributed by atoms with Crippen LogP contribution in [0, 0.1) is 0 Å². The molecule has 0 aromatic carbocycles. The summed E-state index contributed by atoms with van der Waals surface area (Å²) in [6, 6.07) is 1.44. The highest BCUT2D eigenvalue weighted by molar-refractivity contribution is 6.36. The van der Waals surface area contributed by atoms with E-state index in [1.54, 1.807) is 6.92 Å². The number of anilines is 1. The molecule has 1 rings (SSSR count). The molecule has 0 spiro atoms. The Labute approximate surface area is 93.2 Å². The molecular formula is C8H7BCl2N2O. The number of nitrogens with zero attached hydrogens (tertiary/aromatic N) is 1. The zero-order valence-corrected chi connectivity index (χ0v) is 8.93. The quantitative estimate of drug-likeness (QED) is 0.624. The van der Waals surface area contributed by atoms with Gasteiger partial charge in [-0.2, -0.15) is 0 Å². The van der Waals surface area contributed by atoms with Crippen LogP contribution in [0.2, 0.25) is 16.0 Å². The molecule has 1 aromatic heterocycles. The summed E-state index contributed by atoms with van der Waals surface area (Å²) in [4.78, 5) is 15.0. The molecule has 0 fully saturated rings. The Morgan fingerprint density at radius 1 is 1.64 bits per heavy atom. The van der Waals surface area contributed by atoms with E-state index >= 15 is 0 Å². The highest BCUT2D eigenvalue weighted by atomic mass is 35.5. The lowest BCUT2D eigenvalue weighted by atomic mass is 9.89. The van der Waals surface area contributed by atoms with Crippen LogP contribution in [0.1, 0.15) is 6.92 Å². The third-order valence-electron chi connectivity index (χ3n) is 1.49. The number of halogens is 2. The number of aromatic nitrogens is 1. The lowest BCUT2D eigenvalue weighted by Crippen LogP contribution is -2.16. The molecule has 6 heteroatoms. The normalized spacial score (nSPS) is 12.2. The van der Waals surface area contributed by atoms with Crippen molar-refractivity contribution in [1.29, 1.82) is 0 Å². The number of rotatable bonds is 2. The van der Waals surface area contributed by atoms with Crippen molar-refractivity contribution in [2.45, 2.75) is 12.7 Å². The van der Waals surface area contributed by atoms with Gasteiger partial charge in [0, 0.05) is 0 Å². The Morgan fingerprint density at radius 3 is 2.79 bits per heavy atom. The summed E-state index contributed by atoms with van der Waals surface area (Å²) in [5, 5.41) is 3.12. The largest absolute Gasteiger partial charge is 0.324 e. The molecule has 2 radical (unpaired) electrons. The van der Waals surface area contributed by atoms with E-state index < -0.39 is 5.82 Å². The van der Waals surface area contributed by atoms with Crippen molar-refractivity contribution in [2.75, 3.05) is 5.32 Å². The molecular weight excluding hydrogens is 222 g/mol. The van der Waals surface area contributed by atoms with Gasteiger partial charge in [0.1, 0.15) is 5.15 Å². The fourth-order valence-corrected chi connectivity index (χ4v) is 1.16. The van der Waals surface area contributed by atoms with Crippen LogP contribution < -0.4 is 5.32 Å². The van der Waals surface area contributed by atoms with Gasteiger partial charge in [-0.15, -0.1) is 0 Å². The van der Waals surface area contributed by atoms with Crippen molar-refractivity contribution < 1.29 is 4.79 Å². The van der Waals surface area contributed by atoms with Crippen molar-refractivity contribution in [2.24, 2.45) is 0 Å². The van der Waals surface area contributed by atoms with Crippen molar-refractivity contribution in [3.63, 3.8) is 0 Å². The highest BCUT2D eigenvalue weighted by Gasteiger charge is 2.09. The zero-order chi connectivity index (χ0) is 10.7. The predicted molar refractivity (Wildman–Crippen MR) is 58.1 cm³/mol. The van der Waals surface area contributed by atoms with Gasteiger partial charge in [-0.05, 0) is 11.9 Å². The highest BCUT2D eigenvalue weighted by Crippen LogP contribution is 2.23. The number of nitrogens with one attached hydrogen (secondary N) is 1. The van der Waals surface area contributed by atoms with Gasteiger partial charge in [0.25, 0.3) is 0 Å². The van der Waals surface area contributed by atoms with Crippen molar-refractivity contribution in [3.8, 4) is 0 Å². The molecule has 0 bridgehead atoms. The van der Waals surface area contributed by atoms with Gasteiger partial charge in [-0.1, -0.05) is 30.1 Å². The minimum Gasteiger partial charge on any atom is -0.324 e. The standard InChI is InChI=1S/C8H7BCl2N2O/c1-4(9)8(14)13-6-3-12-7(11)2-5(6)10/h2-4H,1H3,(H,13,14). The van der Waals surface area contributed by atoms with E-state index in [-0.39, 0.29) is 11.1 Å². The minimum absolute atomic E-state index is 0.272. The third kappa shape index (κ3) is 2.89. The number of carbonyl (C=O) groups excluding carboxylic acids is 1. The van der Waals surface area contributed by atoms with Gasteiger partial charge in [0.15, 0.2) is 0 Å².